The molecule has 0 unspecified atom stereocenters. The van der Waals surface area contributed by atoms with Crippen molar-refractivity contribution in [2.75, 3.05) is 44.4 Å². The predicted octanol–water partition coefficient (Wildman–Crippen LogP) is 0.963. The zero-order valence-corrected chi connectivity index (χ0v) is 14.0. The second-order valence-corrected chi connectivity index (χ2v) is 6.71. The minimum absolute atomic E-state index is 0.0407. The third-order valence-electron chi connectivity index (χ3n) is 4.92. The number of ether oxygens (including phenoxy) is 3. The van der Waals surface area contributed by atoms with Gasteiger partial charge in [-0.1, -0.05) is 0 Å². The van der Waals surface area contributed by atoms with Crippen molar-refractivity contribution in [3.05, 3.63) is 18.2 Å². The quantitative estimate of drug-likeness (QED) is 0.879. The third-order valence-corrected chi connectivity index (χ3v) is 4.92. The smallest absolute Gasteiger partial charge is 0.227 e. The molecule has 0 saturated carbocycles. The van der Waals surface area contributed by atoms with Gasteiger partial charge in [0.1, 0.15) is 13.2 Å². The Hall–Kier alpha value is -2.28. The zero-order chi connectivity index (χ0) is 17.2. The minimum Gasteiger partial charge on any atom is -0.486 e. The number of nitrogens with one attached hydrogen (secondary N) is 1. The Morgan fingerprint density at radius 3 is 2.84 bits per heavy atom. The van der Waals surface area contributed by atoms with Crippen LogP contribution in [0.25, 0.3) is 0 Å². The lowest BCUT2D eigenvalue weighted by Gasteiger charge is -2.22. The van der Waals surface area contributed by atoms with Crippen LogP contribution in [0, 0.1) is 11.8 Å². The SMILES string of the molecule is O=C(NC[C@@H]1CCOC1)[C@@H]1CC(=O)N(c2ccc3c(c2)OCCO3)C1. The Kier molecular flexibility index (Phi) is 4.48. The van der Waals surface area contributed by atoms with Crippen LogP contribution >= 0.6 is 0 Å². The van der Waals surface area contributed by atoms with Crippen LogP contribution in [-0.2, 0) is 14.3 Å². The van der Waals surface area contributed by atoms with Crippen LogP contribution in [0.3, 0.4) is 0 Å². The fourth-order valence-electron chi connectivity index (χ4n) is 3.47. The van der Waals surface area contributed by atoms with E-state index in [2.05, 4.69) is 5.32 Å². The molecule has 3 aliphatic heterocycles. The Balaban J connectivity index is 1.39. The largest absolute Gasteiger partial charge is 0.486 e. The lowest BCUT2D eigenvalue weighted by atomic mass is 10.1. The highest BCUT2D eigenvalue weighted by Crippen LogP contribution is 2.36. The van der Waals surface area contributed by atoms with Crippen molar-refractivity contribution in [1.82, 2.24) is 5.32 Å². The molecule has 4 rings (SSSR count). The van der Waals surface area contributed by atoms with E-state index in [4.69, 9.17) is 14.2 Å². The van der Waals surface area contributed by atoms with Gasteiger partial charge in [0.05, 0.1) is 12.5 Å². The van der Waals surface area contributed by atoms with Gasteiger partial charge < -0.3 is 24.4 Å². The second kappa shape index (κ2) is 6.92. The maximum Gasteiger partial charge on any atom is 0.227 e. The molecule has 25 heavy (non-hydrogen) atoms. The molecule has 2 saturated heterocycles. The molecule has 7 nitrogen and oxygen atoms in total. The maximum atomic E-state index is 12.4. The third kappa shape index (κ3) is 3.42. The highest BCUT2D eigenvalue weighted by molar-refractivity contribution is 6.00. The molecule has 1 aromatic carbocycles. The molecule has 2 atom stereocenters. The van der Waals surface area contributed by atoms with Crippen LogP contribution in [0.15, 0.2) is 18.2 Å². The van der Waals surface area contributed by atoms with Crippen molar-refractivity contribution in [3.8, 4) is 11.5 Å². The first-order valence-electron chi connectivity index (χ1n) is 8.76. The first-order valence-corrected chi connectivity index (χ1v) is 8.76. The Labute approximate surface area is 146 Å². The molecular weight excluding hydrogens is 324 g/mol. The fraction of sp³-hybridized carbons (Fsp3) is 0.556. The number of fused-ring (bicyclic) bond motifs is 1. The average molecular weight is 346 g/mol. The number of carbonyl (C=O) groups excluding carboxylic acids is 2. The molecular formula is C18H22N2O5. The molecule has 3 heterocycles. The van der Waals surface area contributed by atoms with Gasteiger partial charge in [0, 0.05) is 43.8 Å². The molecule has 7 heteroatoms. The number of rotatable bonds is 4. The van der Waals surface area contributed by atoms with E-state index >= 15 is 0 Å². The van der Waals surface area contributed by atoms with Gasteiger partial charge in [-0.2, -0.15) is 0 Å². The predicted molar refractivity (Wildman–Crippen MR) is 89.8 cm³/mol. The van der Waals surface area contributed by atoms with Gasteiger partial charge in [0.15, 0.2) is 11.5 Å². The summed E-state index contributed by atoms with van der Waals surface area (Å²) in [4.78, 5) is 26.4. The average Bonchev–Trinajstić information content (AvgIpc) is 3.29. The van der Waals surface area contributed by atoms with Crippen LogP contribution in [0.4, 0.5) is 5.69 Å². The summed E-state index contributed by atoms with van der Waals surface area (Å²) in [6, 6.07) is 5.45. The molecule has 1 N–H and O–H groups in total. The zero-order valence-electron chi connectivity index (χ0n) is 14.0. The highest BCUT2D eigenvalue weighted by atomic mass is 16.6. The van der Waals surface area contributed by atoms with Gasteiger partial charge in [0.25, 0.3) is 0 Å². The molecule has 0 radical (unpaired) electrons. The maximum absolute atomic E-state index is 12.4. The summed E-state index contributed by atoms with van der Waals surface area (Å²) >= 11 is 0. The summed E-state index contributed by atoms with van der Waals surface area (Å²) in [5.41, 5.74) is 0.744. The molecule has 0 aromatic heterocycles. The number of anilines is 1. The molecule has 134 valence electrons. The van der Waals surface area contributed by atoms with Gasteiger partial charge in [-0.05, 0) is 18.6 Å². The molecule has 1 aromatic rings. The lowest BCUT2D eigenvalue weighted by molar-refractivity contribution is -0.126. The number of hydrogen-bond acceptors (Lipinski definition) is 5. The normalized spacial score (nSPS) is 25.3. The van der Waals surface area contributed by atoms with E-state index in [1.54, 1.807) is 4.90 Å². The van der Waals surface area contributed by atoms with Crippen LogP contribution in [0.2, 0.25) is 0 Å². The van der Waals surface area contributed by atoms with E-state index in [-0.39, 0.29) is 24.2 Å². The van der Waals surface area contributed by atoms with Crippen molar-refractivity contribution < 1.29 is 23.8 Å². The summed E-state index contributed by atoms with van der Waals surface area (Å²) < 4.78 is 16.4. The summed E-state index contributed by atoms with van der Waals surface area (Å²) in [6.45, 7) is 3.51. The highest BCUT2D eigenvalue weighted by Gasteiger charge is 2.35. The molecule has 2 amide bonds. The van der Waals surface area contributed by atoms with Crippen molar-refractivity contribution in [2.24, 2.45) is 11.8 Å². The van der Waals surface area contributed by atoms with Crippen LogP contribution in [0.1, 0.15) is 12.8 Å². The number of nitrogens with zero attached hydrogens (tertiary/aromatic N) is 1. The van der Waals surface area contributed by atoms with E-state index in [0.29, 0.717) is 50.3 Å². The summed E-state index contributed by atoms with van der Waals surface area (Å²) in [7, 11) is 0. The minimum atomic E-state index is -0.317. The van der Waals surface area contributed by atoms with Crippen LogP contribution in [-0.4, -0.2) is 51.3 Å². The van der Waals surface area contributed by atoms with Gasteiger partial charge in [-0.15, -0.1) is 0 Å². The molecule has 3 aliphatic rings. The summed E-state index contributed by atoms with van der Waals surface area (Å²) in [5, 5.41) is 2.97. The first kappa shape index (κ1) is 16.2. The van der Waals surface area contributed by atoms with E-state index in [1.165, 1.54) is 0 Å². The van der Waals surface area contributed by atoms with Crippen molar-refractivity contribution in [3.63, 3.8) is 0 Å². The van der Waals surface area contributed by atoms with E-state index in [9.17, 15) is 9.59 Å². The lowest BCUT2D eigenvalue weighted by Crippen LogP contribution is -2.36. The number of benzene rings is 1. The van der Waals surface area contributed by atoms with Gasteiger partial charge in [-0.3, -0.25) is 9.59 Å². The monoisotopic (exact) mass is 346 g/mol. The number of amides is 2. The van der Waals surface area contributed by atoms with E-state index in [0.717, 1.165) is 18.7 Å². The summed E-state index contributed by atoms with van der Waals surface area (Å²) in [5.74, 6) is 1.31. The van der Waals surface area contributed by atoms with Gasteiger partial charge in [0.2, 0.25) is 11.8 Å². The fourth-order valence-corrected chi connectivity index (χ4v) is 3.47. The molecule has 0 aliphatic carbocycles. The van der Waals surface area contributed by atoms with Crippen molar-refractivity contribution in [2.45, 2.75) is 12.8 Å². The Morgan fingerprint density at radius 2 is 2.04 bits per heavy atom. The first-order chi connectivity index (χ1) is 12.2. The van der Waals surface area contributed by atoms with Crippen LogP contribution in [0.5, 0.6) is 11.5 Å². The van der Waals surface area contributed by atoms with Crippen molar-refractivity contribution in [1.29, 1.82) is 0 Å². The number of carbonyl (C=O) groups is 2. The molecule has 0 bridgehead atoms. The second-order valence-electron chi connectivity index (χ2n) is 6.71. The molecule has 0 spiro atoms. The van der Waals surface area contributed by atoms with Crippen molar-refractivity contribution >= 4 is 17.5 Å². The van der Waals surface area contributed by atoms with E-state index in [1.807, 2.05) is 18.2 Å². The Bertz CT molecular complexity index is 671. The Morgan fingerprint density at radius 1 is 1.20 bits per heavy atom. The van der Waals surface area contributed by atoms with Gasteiger partial charge in [-0.25, -0.2) is 0 Å². The van der Waals surface area contributed by atoms with E-state index < -0.39 is 0 Å². The van der Waals surface area contributed by atoms with Crippen LogP contribution < -0.4 is 19.7 Å². The molecule has 2 fully saturated rings. The van der Waals surface area contributed by atoms with Gasteiger partial charge >= 0.3 is 0 Å². The number of hydrogen-bond donors (Lipinski definition) is 1. The summed E-state index contributed by atoms with van der Waals surface area (Å²) in [6.07, 6.45) is 1.22. The topological polar surface area (TPSA) is 77.1 Å². The standard InChI is InChI=1S/C18H22N2O5/c21-17-7-13(18(22)19-9-12-3-4-23-11-12)10-20(17)14-1-2-15-16(8-14)25-6-5-24-15/h1-2,8,12-13H,3-7,9-11H2,(H,19,22)/t12-,13+/m0/s1.